The molecule has 0 radical (unpaired) electrons. The predicted molar refractivity (Wildman–Crippen MR) is 107 cm³/mol. The molecule has 0 aliphatic carbocycles. The number of para-hydroxylation sites is 1. The van der Waals surface area contributed by atoms with Gasteiger partial charge in [0.25, 0.3) is 11.5 Å². The van der Waals surface area contributed by atoms with Gasteiger partial charge in [0.1, 0.15) is 6.04 Å². The lowest BCUT2D eigenvalue weighted by molar-refractivity contribution is -0.122. The van der Waals surface area contributed by atoms with E-state index in [2.05, 4.69) is 10.2 Å². The van der Waals surface area contributed by atoms with Gasteiger partial charge in [0.2, 0.25) is 0 Å². The molecular weight excluding hydrogens is 354 g/mol. The fourth-order valence-electron chi connectivity index (χ4n) is 3.87. The molecule has 0 bridgehead atoms. The van der Waals surface area contributed by atoms with Crippen LogP contribution in [0.25, 0.3) is 5.82 Å². The SMILES string of the molecule is Cc1cc(C)n(-c2ccc(=O)n(C(C)C(=O)N3c4ccccc4CC3C)n2)n1. The van der Waals surface area contributed by atoms with Crippen LogP contribution in [-0.4, -0.2) is 31.5 Å². The van der Waals surface area contributed by atoms with Gasteiger partial charge in [0.05, 0.1) is 5.69 Å². The maximum atomic E-state index is 13.3. The normalized spacial score (nSPS) is 16.9. The second kappa shape index (κ2) is 6.74. The predicted octanol–water partition coefficient (Wildman–Crippen LogP) is 2.58. The summed E-state index contributed by atoms with van der Waals surface area (Å²) in [7, 11) is 0. The van der Waals surface area contributed by atoms with Gasteiger partial charge in [-0.3, -0.25) is 9.59 Å². The molecule has 2 atom stereocenters. The summed E-state index contributed by atoms with van der Waals surface area (Å²) in [6.07, 6.45) is 0.808. The molecule has 1 aromatic carbocycles. The minimum absolute atomic E-state index is 0.0437. The molecule has 0 saturated heterocycles. The third kappa shape index (κ3) is 2.93. The molecule has 1 amide bonds. The van der Waals surface area contributed by atoms with Crippen molar-refractivity contribution in [1.82, 2.24) is 19.6 Å². The molecule has 7 heteroatoms. The first-order valence-electron chi connectivity index (χ1n) is 9.41. The van der Waals surface area contributed by atoms with Gasteiger partial charge in [0, 0.05) is 23.5 Å². The summed E-state index contributed by atoms with van der Waals surface area (Å²) in [5, 5.41) is 8.87. The van der Waals surface area contributed by atoms with E-state index in [4.69, 9.17) is 0 Å². The Kier molecular flexibility index (Phi) is 4.37. The number of hydrogen-bond acceptors (Lipinski definition) is 4. The van der Waals surface area contributed by atoms with Gasteiger partial charge in [-0.25, -0.2) is 9.36 Å². The van der Waals surface area contributed by atoms with E-state index >= 15 is 0 Å². The molecule has 0 fully saturated rings. The number of rotatable bonds is 3. The highest BCUT2D eigenvalue weighted by molar-refractivity contribution is 5.98. The summed E-state index contributed by atoms with van der Waals surface area (Å²) in [5.74, 6) is 0.372. The fourth-order valence-corrected chi connectivity index (χ4v) is 3.87. The number of nitrogens with zero attached hydrogens (tertiary/aromatic N) is 5. The lowest BCUT2D eigenvalue weighted by atomic mass is 10.1. The van der Waals surface area contributed by atoms with Crippen LogP contribution in [0.3, 0.4) is 0 Å². The van der Waals surface area contributed by atoms with Crippen molar-refractivity contribution in [2.75, 3.05) is 4.90 Å². The number of anilines is 1. The van der Waals surface area contributed by atoms with Gasteiger partial charge in [-0.1, -0.05) is 18.2 Å². The largest absolute Gasteiger partial charge is 0.307 e. The molecule has 4 rings (SSSR count). The second-order valence-corrected chi connectivity index (χ2v) is 7.38. The number of aromatic nitrogens is 4. The molecular formula is C21H23N5O2. The van der Waals surface area contributed by atoms with Crippen molar-refractivity contribution in [2.45, 2.75) is 46.2 Å². The zero-order valence-electron chi connectivity index (χ0n) is 16.5. The first-order chi connectivity index (χ1) is 13.4. The van der Waals surface area contributed by atoms with Crippen LogP contribution >= 0.6 is 0 Å². The number of carbonyl (C=O) groups is 1. The monoisotopic (exact) mass is 377 g/mol. The smallest absolute Gasteiger partial charge is 0.267 e. The van der Waals surface area contributed by atoms with Crippen LogP contribution in [-0.2, 0) is 11.2 Å². The quantitative estimate of drug-likeness (QED) is 0.703. The Bertz CT molecular complexity index is 1110. The van der Waals surface area contributed by atoms with Gasteiger partial charge < -0.3 is 4.90 Å². The van der Waals surface area contributed by atoms with Gasteiger partial charge in [0.15, 0.2) is 5.82 Å². The van der Waals surface area contributed by atoms with Gasteiger partial charge >= 0.3 is 0 Å². The zero-order valence-corrected chi connectivity index (χ0v) is 16.5. The number of amides is 1. The number of fused-ring (bicyclic) bond motifs is 1. The average molecular weight is 377 g/mol. The molecule has 2 aromatic heterocycles. The summed E-state index contributed by atoms with van der Waals surface area (Å²) in [4.78, 5) is 27.6. The molecule has 3 aromatic rings. The summed E-state index contributed by atoms with van der Waals surface area (Å²) in [5.41, 5.74) is 3.52. The topological polar surface area (TPSA) is 73.0 Å². The first kappa shape index (κ1) is 18.2. The highest BCUT2D eigenvalue weighted by atomic mass is 16.2. The third-order valence-electron chi connectivity index (χ3n) is 5.21. The summed E-state index contributed by atoms with van der Waals surface area (Å²) < 4.78 is 2.93. The van der Waals surface area contributed by atoms with E-state index in [1.165, 1.54) is 10.7 Å². The molecule has 0 spiro atoms. The Hall–Kier alpha value is -3.22. The van der Waals surface area contributed by atoms with Crippen LogP contribution in [0.4, 0.5) is 5.69 Å². The van der Waals surface area contributed by atoms with Crippen LogP contribution in [0.2, 0.25) is 0 Å². The number of benzene rings is 1. The van der Waals surface area contributed by atoms with Gasteiger partial charge in [-0.2, -0.15) is 5.10 Å². The van der Waals surface area contributed by atoms with Crippen LogP contribution in [0, 0.1) is 13.8 Å². The number of aryl methyl sites for hydroxylation is 2. The second-order valence-electron chi connectivity index (χ2n) is 7.38. The van der Waals surface area contributed by atoms with Crippen LogP contribution in [0.15, 0.2) is 47.3 Å². The number of carbonyl (C=O) groups excluding carboxylic acids is 1. The minimum atomic E-state index is -0.724. The van der Waals surface area contributed by atoms with Crippen LogP contribution in [0.5, 0.6) is 0 Å². The van der Waals surface area contributed by atoms with E-state index in [0.717, 1.165) is 29.1 Å². The van der Waals surface area contributed by atoms with Crippen molar-refractivity contribution in [1.29, 1.82) is 0 Å². The van der Waals surface area contributed by atoms with Gasteiger partial charge in [-0.15, -0.1) is 5.10 Å². The molecule has 28 heavy (non-hydrogen) atoms. The molecule has 0 saturated carbocycles. The molecule has 3 heterocycles. The van der Waals surface area contributed by atoms with E-state index in [1.54, 1.807) is 22.6 Å². The van der Waals surface area contributed by atoms with Crippen molar-refractivity contribution in [3.8, 4) is 5.82 Å². The molecule has 1 aliphatic heterocycles. The van der Waals surface area contributed by atoms with Crippen molar-refractivity contribution in [3.05, 3.63) is 69.8 Å². The molecule has 0 N–H and O–H groups in total. The van der Waals surface area contributed by atoms with Crippen molar-refractivity contribution >= 4 is 11.6 Å². The lowest BCUT2D eigenvalue weighted by Crippen LogP contribution is -2.43. The minimum Gasteiger partial charge on any atom is -0.307 e. The van der Waals surface area contributed by atoms with Crippen molar-refractivity contribution < 1.29 is 4.79 Å². The van der Waals surface area contributed by atoms with Crippen molar-refractivity contribution in [2.24, 2.45) is 0 Å². The van der Waals surface area contributed by atoms with Gasteiger partial charge in [-0.05, 0) is 57.9 Å². The van der Waals surface area contributed by atoms with E-state index in [9.17, 15) is 9.59 Å². The molecule has 7 nitrogen and oxygen atoms in total. The van der Waals surface area contributed by atoms with E-state index in [1.807, 2.05) is 51.1 Å². The summed E-state index contributed by atoms with van der Waals surface area (Å²) in [6, 6.07) is 12.2. The zero-order chi connectivity index (χ0) is 20.0. The summed E-state index contributed by atoms with van der Waals surface area (Å²) in [6.45, 7) is 7.56. The van der Waals surface area contributed by atoms with Crippen LogP contribution < -0.4 is 10.5 Å². The van der Waals surface area contributed by atoms with E-state index in [-0.39, 0.29) is 17.5 Å². The van der Waals surface area contributed by atoms with E-state index in [0.29, 0.717) is 5.82 Å². The Morgan fingerprint density at radius 3 is 2.61 bits per heavy atom. The maximum absolute atomic E-state index is 13.3. The Morgan fingerprint density at radius 2 is 1.89 bits per heavy atom. The average Bonchev–Trinajstić information content (AvgIpc) is 3.18. The standard InChI is InChI=1S/C21H23N5O2/c1-13-11-15(3)25(22-13)19-9-10-20(27)26(23-19)16(4)21(28)24-14(2)12-17-7-5-6-8-18(17)24/h5-11,14,16H,12H2,1-4H3. The van der Waals surface area contributed by atoms with Crippen molar-refractivity contribution in [3.63, 3.8) is 0 Å². The highest BCUT2D eigenvalue weighted by Gasteiger charge is 2.34. The Labute approximate surface area is 163 Å². The number of hydrogen-bond donors (Lipinski definition) is 0. The molecule has 2 unspecified atom stereocenters. The third-order valence-corrected chi connectivity index (χ3v) is 5.21. The van der Waals surface area contributed by atoms with Crippen LogP contribution in [0.1, 0.15) is 36.8 Å². The first-order valence-corrected chi connectivity index (χ1v) is 9.41. The molecule has 144 valence electrons. The fraction of sp³-hybridized carbons (Fsp3) is 0.333. The lowest BCUT2D eigenvalue weighted by Gasteiger charge is -2.26. The Balaban J connectivity index is 1.71. The molecule has 1 aliphatic rings. The maximum Gasteiger partial charge on any atom is 0.267 e. The summed E-state index contributed by atoms with van der Waals surface area (Å²) >= 11 is 0. The highest BCUT2D eigenvalue weighted by Crippen LogP contribution is 2.33. The van der Waals surface area contributed by atoms with E-state index < -0.39 is 6.04 Å². The Morgan fingerprint density at radius 1 is 1.14 bits per heavy atom.